The minimum absolute atomic E-state index is 0. The molecule has 4 rings (SSSR count). The highest BCUT2D eigenvalue weighted by Gasteiger charge is 2.10. The number of carbonyl (C=O) groups is 1. The first-order chi connectivity index (χ1) is 11.5. The summed E-state index contributed by atoms with van der Waals surface area (Å²) in [7, 11) is 0. The van der Waals surface area contributed by atoms with Gasteiger partial charge >= 0.3 is 0 Å². The van der Waals surface area contributed by atoms with Gasteiger partial charge in [0.1, 0.15) is 22.5 Å². The Morgan fingerprint density at radius 2 is 1.54 bits per heavy atom. The number of hydrogen-bond acceptors (Lipinski definition) is 7. The van der Waals surface area contributed by atoms with E-state index in [1.54, 1.807) is 38.1 Å². The lowest BCUT2D eigenvalue weighted by molar-refractivity contribution is 0.112. The van der Waals surface area contributed by atoms with E-state index in [0.717, 1.165) is 0 Å². The van der Waals surface area contributed by atoms with Crippen LogP contribution in [-0.2, 0) is 0 Å². The summed E-state index contributed by atoms with van der Waals surface area (Å²) < 4.78 is 10.4. The Labute approximate surface area is 150 Å². The Bertz CT molecular complexity index is 1030. The summed E-state index contributed by atoms with van der Waals surface area (Å²) >= 11 is 0. The van der Waals surface area contributed by atoms with E-state index in [9.17, 15) is 9.90 Å². The first kappa shape index (κ1) is 20.7. The van der Waals surface area contributed by atoms with Crippen LogP contribution < -0.4 is 0 Å². The highest BCUT2D eigenvalue weighted by atomic mass is 16.4. The molecule has 0 fully saturated rings. The molecule has 0 bridgehead atoms. The van der Waals surface area contributed by atoms with Gasteiger partial charge in [-0.2, -0.15) is 0 Å². The number of phenolic OH excluding ortho intramolecular Hbond substituents is 2. The van der Waals surface area contributed by atoms with Gasteiger partial charge in [-0.1, -0.05) is 14.9 Å². The van der Waals surface area contributed by atoms with Crippen LogP contribution in [0.15, 0.2) is 39.2 Å². The van der Waals surface area contributed by atoms with E-state index in [1.807, 2.05) is 0 Å². The van der Waals surface area contributed by atoms with Crippen LogP contribution >= 0.6 is 0 Å². The summed E-state index contributed by atoms with van der Waals surface area (Å²) in [5.74, 6) is 1.23. The number of aryl methyl sites for hydroxylation is 2. The first-order valence-electron chi connectivity index (χ1n) is 7.08. The molecule has 7 nitrogen and oxygen atoms in total. The molecule has 2 aromatic heterocycles. The Hall–Kier alpha value is -3.35. The molecule has 0 atom stereocenters. The van der Waals surface area contributed by atoms with E-state index in [0.29, 0.717) is 40.3 Å². The second kappa shape index (κ2) is 8.15. The number of aldehydes is 1. The van der Waals surface area contributed by atoms with E-state index in [-0.39, 0.29) is 31.9 Å². The lowest BCUT2D eigenvalue weighted by atomic mass is 10.2. The van der Waals surface area contributed by atoms with Gasteiger partial charge in [-0.05, 0) is 24.3 Å². The highest BCUT2D eigenvalue weighted by Crippen LogP contribution is 2.25. The van der Waals surface area contributed by atoms with Crippen molar-refractivity contribution in [2.75, 3.05) is 0 Å². The minimum atomic E-state index is -0.0733. The van der Waals surface area contributed by atoms with E-state index in [1.165, 1.54) is 6.07 Å². The second-order valence-electron chi connectivity index (χ2n) is 5.08. The lowest BCUT2D eigenvalue weighted by Crippen LogP contribution is -1.83. The van der Waals surface area contributed by atoms with E-state index >= 15 is 0 Å². The van der Waals surface area contributed by atoms with Gasteiger partial charge in [-0.15, -0.1) is 0 Å². The van der Waals surface area contributed by atoms with Crippen LogP contribution in [0.4, 0.5) is 0 Å². The van der Waals surface area contributed by atoms with Crippen molar-refractivity contribution in [2.24, 2.45) is 0 Å². The average molecular weight is 358 g/mol. The first-order valence-corrected chi connectivity index (χ1v) is 7.08. The Morgan fingerprint density at radius 1 is 0.923 bits per heavy atom. The van der Waals surface area contributed by atoms with E-state index < -0.39 is 0 Å². The summed E-state index contributed by atoms with van der Waals surface area (Å²) in [5.41, 5.74) is 2.50. The molecule has 0 saturated carbocycles. The number of aromatic hydroxyl groups is 2. The molecular formula is C19H22N2O5. The number of nitrogens with zero attached hydrogens (tertiary/aromatic N) is 2. The third kappa shape index (κ3) is 4.00. The van der Waals surface area contributed by atoms with Crippen LogP contribution in [0, 0.1) is 13.8 Å². The standard InChI is InChI=1S/C9H7NO3.C8H7NO2.2CH4/c1-5-10-9-6(4-11)7(12)2-3-8(9)13-5;1-5-9-7-4-6(10)2-3-8(7)11-5;;/h2-4,12H,1H3;2-4,10H,1H3;2*1H4. The van der Waals surface area contributed by atoms with Crippen LogP contribution in [0.5, 0.6) is 11.5 Å². The van der Waals surface area contributed by atoms with Gasteiger partial charge in [0, 0.05) is 19.9 Å². The molecule has 0 unspecified atom stereocenters. The van der Waals surface area contributed by atoms with Gasteiger partial charge in [0.2, 0.25) is 0 Å². The van der Waals surface area contributed by atoms with Crippen molar-refractivity contribution in [3.8, 4) is 11.5 Å². The maximum Gasteiger partial charge on any atom is 0.192 e. The van der Waals surface area contributed by atoms with Crippen molar-refractivity contribution < 1.29 is 23.8 Å². The number of carbonyl (C=O) groups excluding carboxylic acids is 1. The fourth-order valence-corrected chi connectivity index (χ4v) is 2.26. The third-order valence-corrected chi connectivity index (χ3v) is 3.28. The summed E-state index contributed by atoms with van der Waals surface area (Å²) in [6, 6.07) is 7.85. The predicted octanol–water partition coefficient (Wildman–Crippen LogP) is 4.77. The molecule has 4 aromatic rings. The van der Waals surface area contributed by atoms with Gasteiger partial charge < -0.3 is 19.0 Å². The van der Waals surface area contributed by atoms with Crippen LogP contribution in [0.3, 0.4) is 0 Å². The molecule has 0 aliphatic rings. The Balaban J connectivity index is 0.000000244. The zero-order valence-corrected chi connectivity index (χ0v) is 13.0. The van der Waals surface area contributed by atoms with Crippen molar-refractivity contribution in [1.82, 2.24) is 9.97 Å². The molecule has 7 heteroatoms. The number of phenols is 2. The van der Waals surface area contributed by atoms with Crippen molar-refractivity contribution >= 4 is 28.5 Å². The summed E-state index contributed by atoms with van der Waals surface area (Å²) in [5, 5.41) is 18.4. The average Bonchev–Trinajstić information content (AvgIpc) is 3.08. The Morgan fingerprint density at radius 3 is 2.23 bits per heavy atom. The monoisotopic (exact) mass is 358 g/mol. The van der Waals surface area contributed by atoms with Crippen molar-refractivity contribution in [3.63, 3.8) is 0 Å². The van der Waals surface area contributed by atoms with Gasteiger partial charge in [-0.3, -0.25) is 4.79 Å². The normalized spacial score (nSPS) is 9.77. The van der Waals surface area contributed by atoms with Crippen LogP contribution in [0.1, 0.15) is 37.0 Å². The number of rotatable bonds is 1. The summed E-state index contributed by atoms with van der Waals surface area (Å²) in [4.78, 5) is 18.6. The summed E-state index contributed by atoms with van der Waals surface area (Å²) in [6.45, 7) is 3.46. The molecule has 26 heavy (non-hydrogen) atoms. The molecule has 0 amide bonds. The maximum atomic E-state index is 10.6. The largest absolute Gasteiger partial charge is 0.508 e. The van der Waals surface area contributed by atoms with Gasteiger partial charge in [0.25, 0.3) is 0 Å². The van der Waals surface area contributed by atoms with Gasteiger partial charge in [-0.25, -0.2) is 9.97 Å². The predicted molar refractivity (Wildman–Crippen MR) is 99.7 cm³/mol. The van der Waals surface area contributed by atoms with Crippen molar-refractivity contribution in [1.29, 1.82) is 0 Å². The van der Waals surface area contributed by atoms with Crippen LogP contribution in [0.25, 0.3) is 22.2 Å². The molecule has 0 radical (unpaired) electrons. The van der Waals surface area contributed by atoms with Gasteiger partial charge in [0.05, 0.1) is 5.56 Å². The molecule has 0 saturated heterocycles. The SMILES string of the molecule is C.C.Cc1nc2c(C=O)c(O)ccc2o1.Cc1nc2cc(O)ccc2o1. The molecule has 138 valence electrons. The van der Waals surface area contributed by atoms with Gasteiger partial charge in [0.15, 0.2) is 29.2 Å². The second-order valence-corrected chi connectivity index (χ2v) is 5.08. The zero-order valence-electron chi connectivity index (χ0n) is 13.0. The maximum absolute atomic E-state index is 10.6. The lowest BCUT2D eigenvalue weighted by Gasteiger charge is -1.94. The number of fused-ring (bicyclic) bond motifs is 2. The quantitative estimate of drug-likeness (QED) is 0.472. The number of benzene rings is 2. The molecular weight excluding hydrogens is 336 g/mol. The van der Waals surface area contributed by atoms with Crippen molar-refractivity contribution in [3.05, 3.63) is 47.7 Å². The van der Waals surface area contributed by atoms with E-state index in [4.69, 9.17) is 13.9 Å². The molecule has 2 N–H and O–H groups in total. The molecule has 0 aliphatic carbocycles. The molecule has 2 aromatic carbocycles. The number of oxazole rings is 2. The number of hydrogen-bond donors (Lipinski definition) is 2. The zero-order chi connectivity index (χ0) is 17.3. The van der Waals surface area contributed by atoms with E-state index in [2.05, 4.69) is 9.97 Å². The fourth-order valence-electron chi connectivity index (χ4n) is 2.26. The molecule has 2 heterocycles. The minimum Gasteiger partial charge on any atom is -0.508 e. The van der Waals surface area contributed by atoms with Crippen molar-refractivity contribution in [2.45, 2.75) is 28.7 Å². The number of aromatic nitrogens is 2. The third-order valence-electron chi connectivity index (χ3n) is 3.28. The van der Waals surface area contributed by atoms with Crippen LogP contribution in [0.2, 0.25) is 0 Å². The Kier molecular flexibility index (Phi) is 6.49. The summed E-state index contributed by atoms with van der Waals surface area (Å²) in [6.07, 6.45) is 0.569. The smallest absolute Gasteiger partial charge is 0.192 e. The fraction of sp³-hybridized carbons (Fsp3) is 0.211. The van der Waals surface area contributed by atoms with Crippen LogP contribution in [-0.4, -0.2) is 26.5 Å². The molecule has 0 spiro atoms. The molecule has 0 aliphatic heterocycles. The highest BCUT2D eigenvalue weighted by molar-refractivity contribution is 5.96. The topological polar surface area (TPSA) is 110 Å².